The number of hydrogen-bond donors (Lipinski definition) is 1. The molecule has 2 aromatic rings. The van der Waals surface area contributed by atoms with Gasteiger partial charge in [0, 0.05) is 12.6 Å². The highest BCUT2D eigenvalue weighted by atomic mass is 16.7. The van der Waals surface area contributed by atoms with Gasteiger partial charge in [-0.15, -0.1) is 0 Å². The molecule has 0 fully saturated rings. The van der Waals surface area contributed by atoms with Gasteiger partial charge in [-0.3, -0.25) is 9.69 Å². The Labute approximate surface area is 152 Å². The standard InChI is InChI=1S/C19H22N2O5/c1-21(10-13-4-6-17-18(8-13)26-12-25-17)11-19(22)20-15-9-14(23-2)5-7-16(15)24-3/h4-9H,10-12H2,1-3H3,(H,20,22). The second-order valence-electron chi connectivity index (χ2n) is 5.97. The Kier molecular flexibility index (Phi) is 5.48. The van der Waals surface area contributed by atoms with Crippen molar-refractivity contribution in [3.63, 3.8) is 0 Å². The van der Waals surface area contributed by atoms with E-state index in [1.807, 2.05) is 30.1 Å². The minimum atomic E-state index is -0.139. The van der Waals surface area contributed by atoms with E-state index in [1.54, 1.807) is 32.4 Å². The summed E-state index contributed by atoms with van der Waals surface area (Å²) in [5.74, 6) is 2.58. The molecule has 0 aliphatic carbocycles. The predicted octanol–water partition coefficient (Wildman–Crippen LogP) is 2.50. The number of carbonyl (C=O) groups excluding carboxylic acids is 1. The lowest BCUT2D eigenvalue weighted by molar-refractivity contribution is -0.117. The molecule has 1 N–H and O–H groups in total. The molecule has 0 aromatic heterocycles. The fourth-order valence-electron chi connectivity index (χ4n) is 2.75. The van der Waals surface area contributed by atoms with Gasteiger partial charge in [0.1, 0.15) is 11.5 Å². The quantitative estimate of drug-likeness (QED) is 0.820. The summed E-state index contributed by atoms with van der Waals surface area (Å²) in [6.07, 6.45) is 0. The molecule has 138 valence electrons. The van der Waals surface area contributed by atoms with Crippen LogP contribution in [0.1, 0.15) is 5.56 Å². The van der Waals surface area contributed by atoms with Gasteiger partial charge in [0.25, 0.3) is 0 Å². The monoisotopic (exact) mass is 358 g/mol. The molecular formula is C19H22N2O5. The van der Waals surface area contributed by atoms with Gasteiger partial charge in [-0.2, -0.15) is 0 Å². The minimum absolute atomic E-state index is 0.139. The Hall–Kier alpha value is -2.93. The molecule has 0 bridgehead atoms. The zero-order valence-corrected chi connectivity index (χ0v) is 15.1. The first-order valence-corrected chi connectivity index (χ1v) is 8.18. The van der Waals surface area contributed by atoms with Gasteiger partial charge in [0.2, 0.25) is 12.7 Å². The number of carbonyl (C=O) groups is 1. The number of benzene rings is 2. The summed E-state index contributed by atoms with van der Waals surface area (Å²) in [4.78, 5) is 14.3. The molecule has 0 saturated carbocycles. The maximum Gasteiger partial charge on any atom is 0.238 e. The first kappa shape index (κ1) is 17.9. The van der Waals surface area contributed by atoms with Crippen LogP contribution < -0.4 is 24.3 Å². The largest absolute Gasteiger partial charge is 0.497 e. The lowest BCUT2D eigenvalue weighted by atomic mass is 10.2. The molecule has 1 aliphatic rings. The van der Waals surface area contributed by atoms with E-state index in [2.05, 4.69) is 5.32 Å². The van der Waals surface area contributed by atoms with Gasteiger partial charge >= 0.3 is 0 Å². The molecule has 7 nitrogen and oxygen atoms in total. The number of amides is 1. The number of nitrogens with zero attached hydrogens (tertiary/aromatic N) is 1. The summed E-state index contributed by atoms with van der Waals surface area (Å²) in [6, 6.07) is 11.0. The van der Waals surface area contributed by atoms with E-state index in [1.165, 1.54) is 0 Å². The first-order chi connectivity index (χ1) is 12.6. The van der Waals surface area contributed by atoms with Crippen LogP contribution in [0.3, 0.4) is 0 Å². The Morgan fingerprint density at radius 3 is 2.69 bits per heavy atom. The summed E-state index contributed by atoms with van der Waals surface area (Å²) in [5, 5.41) is 2.86. The topological polar surface area (TPSA) is 69.3 Å². The van der Waals surface area contributed by atoms with Crippen molar-refractivity contribution in [2.75, 3.05) is 39.9 Å². The third kappa shape index (κ3) is 4.18. The summed E-state index contributed by atoms with van der Waals surface area (Å²) in [7, 11) is 5.02. The minimum Gasteiger partial charge on any atom is -0.497 e. The molecule has 0 spiro atoms. The summed E-state index contributed by atoms with van der Waals surface area (Å²) >= 11 is 0. The van der Waals surface area contributed by atoms with Crippen LogP contribution in [0.25, 0.3) is 0 Å². The van der Waals surface area contributed by atoms with Crippen molar-refractivity contribution in [2.24, 2.45) is 0 Å². The van der Waals surface area contributed by atoms with Crippen LogP contribution in [0.2, 0.25) is 0 Å². The average molecular weight is 358 g/mol. The van der Waals surface area contributed by atoms with Crippen molar-refractivity contribution in [2.45, 2.75) is 6.54 Å². The van der Waals surface area contributed by atoms with Crippen molar-refractivity contribution in [3.05, 3.63) is 42.0 Å². The number of nitrogens with one attached hydrogen (secondary N) is 1. The van der Waals surface area contributed by atoms with Gasteiger partial charge in [-0.25, -0.2) is 0 Å². The highest BCUT2D eigenvalue weighted by Crippen LogP contribution is 2.33. The Bertz CT molecular complexity index is 793. The molecule has 3 rings (SSSR count). The molecule has 2 aromatic carbocycles. The van der Waals surface area contributed by atoms with Gasteiger partial charge in [0.05, 0.1) is 26.5 Å². The molecule has 0 saturated heterocycles. The Morgan fingerprint density at radius 2 is 1.92 bits per heavy atom. The Balaban J connectivity index is 1.59. The normalized spacial score (nSPS) is 12.2. The zero-order valence-electron chi connectivity index (χ0n) is 15.1. The summed E-state index contributed by atoms with van der Waals surface area (Å²) in [6.45, 7) is 1.09. The molecular weight excluding hydrogens is 336 g/mol. The Morgan fingerprint density at radius 1 is 1.12 bits per heavy atom. The van der Waals surface area contributed by atoms with Crippen molar-refractivity contribution in [1.29, 1.82) is 0 Å². The molecule has 0 unspecified atom stereocenters. The van der Waals surface area contributed by atoms with Crippen LogP contribution in [0.15, 0.2) is 36.4 Å². The third-order valence-corrected chi connectivity index (χ3v) is 3.98. The van der Waals surface area contributed by atoms with Crippen LogP contribution in [0.4, 0.5) is 5.69 Å². The number of hydrogen-bond acceptors (Lipinski definition) is 6. The van der Waals surface area contributed by atoms with Gasteiger partial charge in [-0.1, -0.05) is 6.07 Å². The lowest BCUT2D eigenvalue weighted by Crippen LogP contribution is -2.30. The van der Waals surface area contributed by atoms with Crippen molar-refractivity contribution < 1.29 is 23.7 Å². The number of rotatable bonds is 7. The van der Waals surface area contributed by atoms with Gasteiger partial charge in [-0.05, 0) is 36.9 Å². The molecule has 26 heavy (non-hydrogen) atoms. The number of fused-ring (bicyclic) bond motifs is 1. The smallest absolute Gasteiger partial charge is 0.238 e. The van der Waals surface area contributed by atoms with E-state index in [0.717, 1.165) is 17.1 Å². The van der Waals surface area contributed by atoms with E-state index in [-0.39, 0.29) is 19.2 Å². The number of ether oxygens (including phenoxy) is 4. The zero-order chi connectivity index (χ0) is 18.5. The molecule has 1 heterocycles. The number of methoxy groups -OCH3 is 2. The van der Waals surface area contributed by atoms with E-state index in [9.17, 15) is 4.79 Å². The highest BCUT2D eigenvalue weighted by molar-refractivity contribution is 5.94. The SMILES string of the molecule is COc1ccc(OC)c(NC(=O)CN(C)Cc2ccc3c(c2)OCO3)c1. The molecule has 1 amide bonds. The maximum absolute atomic E-state index is 12.4. The number of anilines is 1. The fraction of sp³-hybridized carbons (Fsp3) is 0.316. The van der Waals surface area contributed by atoms with Crippen LogP contribution in [0, 0.1) is 0 Å². The second kappa shape index (κ2) is 7.97. The average Bonchev–Trinajstić information content (AvgIpc) is 3.09. The van der Waals surface area contributed by atoms with E-state index < -0.39 is 0 Å². The molecule has 1 aliphatic heterocycles. The number of likely N-dealkylation sites (N-methyl/N-ethyl adjacent to an activating group) is 1. The third-order valence-electron chi connectivity index (χ3n) is 3.98. The van der Waals surface area contributed by atoms with Crippen LogP contribution >= 0.6 is 0 Å². The van der Waals surface area contributed by atoms with E-state index >= 15 is 0 Å². The highest BCUT2D eigenvalue weighted by Gasteiger charge is 2.15. The summed E-state index contributed by atoms with van der Waals surface area (Å²) < 4.78 is 21.2. The summed E-state index contributed by atoms with van der Waals surface area (Å²) in [5.41, 5.74) is 1.62. The first-order valence-electron chi connectivity index (χ1n) is 8.18. The van der Waals surface area contributed by atoms with Crippen LogP contribution in [-0.4, -0.2) is 45.4 Å². The molecule has 7 heteroatoms. The lowest BCUT2D eigenvalue weighted by Gasteiger charge is -2.17. The van der Waals surface area contributed by atoms with E-state index in [0.29, 0.717) is 23.7 Å². The predicted molar refractivity (Wildman–Crippen MR) is 97.1 cm³/mol. The molecule has 0 radical (unpaired) electrons. The molecule has 0 atom stereocenters. The maximum atomic E-state index is 12.4. The van der Waals surface area contributed by atoms with Crippen molar-refractivity contribution in [1.82, 2.24) is 4.90 Å². The van der Waals surface area contributed by atoms with Crippen LogP contribution in [-0.2, 0) is 11.3 Å². The second-order valence-corrected chi connectivity index (χ2v) is 5.97. The van der Waals surface area contributed by atoms with Crippen molar-refractivity contribution >= 4 is 11.6 Å². The van der Waals surface area contributed by atoms with Crippen LogP contribution in [0.5, 0.6) is 23.0 Å². The van der Waals surface area contributed by atoms with Gasteiger partial charge < -0.3 is 24.3 Å². The van der Waals surface area contributed by atoms with E-state index in [4.69, 9.17) is 18.9 Å². The van der Waals surface area contributed by atoms with Gasteiger partial charge in [0.15, 0.2) is 11.5 Å². The van der Waals surface area contributed by atoms with Crippen molar-refractivity contribution in [3.8, 4) is 23.0 Å². The fourth-order valence-corrected chi connectivity index (χ4v) is 2.75.